The standard InChI is InChI=1S/C17H25N3OS/c1-13(2)16(21)19-17(22)18-15-8-6-14(7-9-15)12-20-10-4-3-5-11-20/h6-9,13H,3-5,10-12H2,1-2H3,(H2,18,19,21,22). The molecule has 0 saturated carbocycles. The molecule has 1 saturated heterocycles. The van der Waals surface area contributed by atoms with Gasteiger partial charge >= 0.3 is 0 Å². The van der Waals surface area contributed by atoms with Crippen molar-refractivity contribution in [3.63, 3.8) is 0 Å². The molecular formula is C17H25N3OS. The fourth-order valence-electron chi connectivity index (χ4n) is 2.49. The maximum Gasteiger partial charge on any atom is 0.228 e. The minimum absolute atomic E-state index is 0.0702. The average Bonchev–Trinajstić information content (AvgIpc) is 2.50. The van der Waals surface area contributed by atoms with Crippen LogP contribution >= 0.6 is 12.2 Å². The van der Waals surface area contributed by atoms with Crippen LogP contribution in [0.25, 0.3) is 0 Å². The Morgan fingerprint density at radius 3 is 2.41 bits per heavy atom. The third-order valence-corrected chi connectivity index (χ3v) is 4.03. The molecule has 1 amide bonds. The molecule has 0 atom stereocenters. The van der Waals surface area contributed by atoms with Crippen LogP contribution in [0.15, 0.2) is 24.3 Å². The van der Waals surface area contributed by atoms with Gasteiger partial charge in [0.15, 0.2) is 5.11 Å². The van der Waals surface area contributed by atoms with Crippen molar-refractivity contribution in [3.8, 4) is 0 Å². The predicted octanol–water partition coefficient (Wildman–Crippen LogP) is 3.14. The van der Waals surface area contributed by atoms with Crippen molar-refractivity contribution in [1.82, 2.24) is 10.2 Å². The van der Waals surface area contributed by atoms with Gasteiger partial charge in [0.1, 0.15) is 0 Å². The second kappa shape index (κ2) is 8.25. The van der Waals surface area contributed by atoms with E-state index in [2.05, 4.69) is 27.7 Å². The summed E-state index contributed by atoms with van der Waals surface area (Å²) in [6, 6.07) is 8.24. The molecule has 22 heavy (non-hydrogen) atoms. The Morgan fingerprint density at radius 1 is 1.18 bits per heavy atom. The second-order valence-corrected chi connectivity index (χ2v) is 6.54. The number of piperidine rings is 1. The molecule has 0 unspecified atom stereocenters. The summed E-state index contributed by atoms with van der Waals surface area (Å²) >= 11 is 5.14. The van der Waals surface area contributed by atoms with Gasteiger partial charge in [-0.15, -0.1) is 0 Å². The quantitative estimate of drug-likeness (QED) is 0.837. The van der Waals surface area contributed by atoms with E-state index in [1.807, 2.05) is 26.0 Å². The molecule has 1 heterocycles. The maximum absolute atomic E-state index is 11.6. The van der Waals surface area contributed by atoms with Gasteiger partial charge in [-0.2, -0.15) is 0 Å². The number of thiocarbonyl (C=S) groups is 1. The first-order valence-electron chi connectivity index (χ1n) is 7.98. The highest BCUT2D eigenvalue weighted by Crippen LogP contribution is 2.15. The molecule has 1 aromatic carbocycles. The number of benzene rings is 1. The summed E-state index contributed by atoms with van der Waals surface area (Å²) in [7, 11) is 0. The van der Waals surface area contributed by atoms with Crippen LogP contribution in [0.5, 0.6) is 0 Å². The van der Waals surface area contributed by atoms with Crippen LogP contribution in [0, 0.1) is 5.92 Å². The first kappa shape index (κ1) is 16.9. The van der Waals surface area contributed by atoms with E-state index >= 15 is 0 Å². The van der Waals surface area contributed by atoms with Crippen LogP contribution in [0.2, 0.25) is 0 Å². The molecule has 1 aromatic rings. The number of nitrogens with zero attached hydrogens (tertiary/aromatic N) is 1. The number of hydrogen-bond donors (Lipinski definition) is 2. The van der Waals surface area contributed by atoms with Gasteiger partial charge < -0.3 is 10.6 Å². The predicted molar refractivity (Wildman–Crippen MR) is 94.8 cm³/mol. The summed E-state index contributed by atoms with van der Waals surface area (Å²) in [4.78, 5) is 14.1. The van der Waals surface area contributed by atoms with Crippen LogP contribution < -0.4 is 10.6 Å². The van der Waals surface area contributed by atoms with Crippen molar-refractivity contribution >= 4 is 28.9 Å². The van der Waals surface area contributed by atoms with E-state index in [1.165, 1.54) is 37.9 Å². The third kappa shape index (κ3) is 5.39. The van der Waals surface area contributed by atoms with Crippen molar-refractivity contribution in [2.75, 3.05) is 18.4 Å². The van der Waals surface area contributed by atoms with E-state index in [4.69, 9.17) is 12.2 Å². The highest BCUT2D eigenvalue weighted by atomic mass is 32.1. The molecule has 4 nitrogen and oxygen atoms in total. The van der Waals surface area contributed by atoms with Crippen LogP contribution in [-0.4, -0.2) is 29.0 Å². The van der Waals surface area contributed by atoms with Gasteiger partial charge in [0.2, 0.25) is 5.91 Å². The van der Waals surface area contributed by atoms with E-state index in [0.717, 1.165) is 12.2 Å². The number of rotatable bonds is 4. The van der Waals surface area contributed by atoms with Crippen molar-refractivity contribution in [2.45, 2.75) is 39.7 Å². The molecule has 0 spiro atoms. The first-order valence-corrected chi connectivity index (χ1v) is 8.38. The summed E-state index contributed by atoms with van der Waals surface area (Å²) in [5.74, 6) is -0.147. The molecular weight excluding hydrogens is 294 g/mol. The lowest BCUT2D eigenvalue weighted by Crippen LogP contribution is -2.36. The molecule has 1 aliphatic heterocycles. The number of nitrogens with one attached hydrogen (secondary N) is 2. The largest absolute Gasteiger partial charge is 0.332 e. The topological polar surface area (TPSA) is 44.4 Å². The average molecular weight is 319 g/mol. The Morgan fingerprint density at radius 2 is 1.82 bits per heavy atom. The smallest absolute Gasteiger partial charge is 0.228 e. The van der Waals surface area contributed by atoms with Gasteiger partial charge in [0.05, 0.1) is 0 Å². The lowest BCUT2D eigenvalue weighted by molar-refractivity contribution is -0.122. The van der Waals surface area contributed by atoms with E-state index in [1.54, 1.807) is 0 Å². The summed E-state index contributed by atoms with van der Waals surface area (Å²) < 4.78 is 0. The molecule has 2 rings (SSSR count). The number of likely N-dealkylation sites (tertiary alicyclic amines) is 1. The van der Waals surface area contributed by atoms with E-state index in [-0.39, 0.29) is 11.8 Å². The monoisotopic (exact) mass is 319 g/mol. The normalized spacial score (nSPS) is 15.6. The minimum atomic E-state index is -0.0772. The van der Waals surface area contributed by atoms with Gasteiger partial charge in [0, 0.05) is 18.2 Å². The molecule has 2 N–H and O–H groups in total. The summed E-state index contributed by atoms with van der Waals surface area (Å²) in [5, 5.41) is 6.08. The molecule has 0 aromatic heterocycles. The number of carbonyl (C=O) groups is 1. The van der Waals surface area contributed by atoms with Crippen molar-refractivity contribution < 1.29 is 4.79 Å². The van der Waals surface area contributed by atoms with E-state index in [9.17, 15) is 4.79 Å². The first-order chi connectivity index (χ1) is 10.5. The Hall–Kier alpha value is -1.46. The van der Waals surface area contributed by atoms with Crippen LogP contribution in [0.4, 0.5) is 5.69 Å². The third-order valence-electron chi connectivity index (χ3n) is 3.83. The van der Waals surface area contributed by atoms with Crippen LogP contribution in [0.3, 0.4) is 0 Å². The summed E-state index contributed by atoms with van der Waals surface area (Å²) in [6.07, 6.45) is 3.98. The van der Waals surface area contributed by atoms with Gasteiger partial charge in [-0.05, 0) is 55.8 Å². The Bertz CT molecular complexity index is 507. The number of anilines is 1. The highest BCUT2D eigenvalue weighted by molar-refractivity contribution is 7.80. The molecule has 0 aliphatic carbocycles. The van der Waals surface area contributed by atoms with Gasteiger partial charge in [-0.3, -0.25) is 9.69 Å². The van der Waals surface area contributed by atoms with Crippen LogP contribution in [0.1, 0.15) is 38.7 Å². The molecule has 0 radical (unpaired) electrons. The molecule has 120 valence electrons. The SMILES string of the molecule is CC(C)C(=O)NC(=S)Nc1ccc(CN2CCCCC2)cc1. The van der Waals surface area contributed by atoms with Gasteiger partial charge in [-0.25, -0.2) is 0 Å². The molecule has 0 bridgehead atoms. The lowest BCUT2D eigenvalue weighted by Gasteiger charge is -2.26. The van der Waals surface area contributed by atoms with Crippen molar-refractivity contribution in [3.05, 3.63) is 29.8 Å². The molecule has 5 heteroatoms. The Labute approximate surface area is 138 Å². The highest BCUT2D eigenvalue weighted by Gasteiger charge is 2.11. The molecule has 1 aliphatic rings. The summed E-state index contributed by atoms with van der Waals surface area (Å²) in [6.45, 7) is 7.09. The van der Waals surface area contributed by atoms with E-state index in [0.29, 0.717) is 5.11 Å². The fourth-order valence-corrected chi connectivity index (χ4v) is 2.71. The maximum atomic E-state index is 11.6. The van der Waals surface area contributed by atoms with Crippen molar-refractivity contribution in [1.29, 1.82) is 0 Å². The zero-order chi connectivity index (χ0) is 15.9. The second-order valence-electron chi connectivity index (χ2n) is 6.13. The minimum Gasteiger partial charge on any atom is -0.332 e. The van der Waals surface area contributed by atoms with Crippen molar-refractivity contribution in [2.24, 2.45) is 5.92 Å². The lowest BCUT2D eigenvalue weighted by atomic mass is 10.1. The Balaban J connectivity index is 1.83. The fraction of sp³-hybridized carbons (Fsp3) is 0.529. The number of amides is 1. The van der Waals surface area contributed by atoms with Gasteiger partial charge in [0.25, 0.3) is 0 Å². The summed E-state index contributed by atoms with van der Waals surface area (Å²) in [5.41, 5.74) is 2.21. The zero-order valence-electron chi connectivity index (χ0n) is 13.4. The van der Waals surface area contributed by atoms with Crippen LogP contribution in [-0.2, 0) is 11.3 Å². The number of hydrogen-bond acceptors (Lipinski definition) is 3. The zero-order valence-corrected chi connectivity index (χ0v) is 14.2. The number of carbonyl (C=O) groups excluding carboxylic acids is 1. The van der Waals surface area contributed by atoms with E-state index < -0.39 is 0 Å². The molecule has 1 fully saturated rings. The van der Waals surface area contributed by atoms with Gasteiger partial charge in [-0.1, -0.05) is 32.4 Å². The Kier molecular flexibility index (Phi) is 6.34.